The molecule has 6 heavy (non-hydrogen) atoms. The van der Waals surface area contributed by atoms with Gasteiger partial charge in [-0.05, 0) is 6.42 Å². The van der Waals surface area contributed by atoms with Gasteiger partial charge in [0.25, 0.3) is 0 Å². The molecule has 0 atom stereocenters. The molecule has 0 bridgehead atoms. The van der Waals surface area contributed by atoms with Crippen LogP contribution in [0.4, 0.5) is 0 Å². The van der Waals surface area contributed by atoms with Crippen LogP contribution >= 0.6 is 31.9 Å². The molecular formula is C3H9AlBr2. The number of hydrogen-bond donors (Lipinski definition) is 0. The van der Waals surface area contributed by atoms with E-state index in [1.54, 1.807) is 0 Å². The molecule has 0 N–H and O–H groups in total. The van der Waals surface area contributed by atoms with Crippen LogP contribution in [0.3, 0.4) is 0 Å². The molecule has 0 fully saturated rings. The molecule has 0 saturated carbocycles. The lowest BCUT2D eigenvalue weighted by Crippen LogP contribution is -1.73. The minimum atomic E-state index is 0. The van der Waals surface area contributed by atoms with Gasteiger partial charge in [-0.25, -0.2) is 0 Å². The molecule has 0 aliphatic heterocycles. The summed E-state index contributed by atoms with van der Waals surface area (Å²) in [7, 11) is 0. The van der Waals surface area contributed by atoms with Crippen LogP contribution in [0.1, 0.15) is 13.3 Å². The second kappa shape index (κ2) is 6.49. The van der Waals surface area contributed by atoms with Crippen LogP contribution < -0.4 is 0 Å². The zero-order valence-corrected chi connectivity index (χ0v) is 6.21. The molecule has 0 amide bonds. The Balaban J connectivity index is 0. The van der Waals surface area contributed by atoms with E-state index in [0.29, 0.717) is 3.74 Å². The second-order valence-corrected chi connectivity index (χ2v) is 4.24. The van der Waals surface area contributed by atoms with Crippen molar-refractivity contribution in [1.82, 2.24) is 0 Å². The average molecular weight is 232 g/mol. The van der Waals surface area contributed by atoms with Gasteiger partial charge in [0.1, 0.15) is 0 Å². The van der Waals surface area contributed by atoms with Crippen LogP contribution in [0.15, 0.2) is 0 Å². The second-order valence-electron chi connectivity index (χ2n) is 0.799. The molecule has 0 aromatic carbocycles. The van der Waals surface area contributed by atoms with E-state index < -0.39 is 0 Å². The number of halogens is 2. The minimum Gasteiger partial charge on any atom is -0.0765 e. The first-order valence-corrected chi connectivity index (χ1v) is 3.38. The van der Waals surface area contributed by atoms with Crippen molar-refractivity contribution in [3.63, 3.8) is 0 Å². The van der Waals surface area contributed by atoms with Gasteiger partial charge in [0.15, 0.2) is 17.4 Å². The molecule has 0 rings (SSSR count). The quantitative estimate of drug-likeness (QED) is 0.472. The topological polar surface area (TPSA) is 0 Å². The third kappa shape index (κ3) is 9.09. The fourth-order valence-corrected chi connectivity index (χ4v) is 0. The summed E-state index contributed by atoms with van der Waals surface area (Å²) in [6.07, 6.45) is 1.14. The Morgan fingerprint density at radius 2 is 1.67 bits per heavy atom. The Kier molecular flexibility index (Phi) is 11.3. The first-order chi connectivity index (χ1) is 2.27. The fourth-order valence-electron chi connectivity index (χ4n) is 0. The lowest BCUT2D eigenvalue weighted by molar-refractivity contribution is 1.08. The number of hydrogen-bond acceptors (Lipinski definition) is 0. The monoisotopic (exact) mass is 230 g/mol. The summed E-state index contributed by atoms with van der Waals surface area (Å²) in [5, 5.41) is 0. The Hall–Kier alpha value is 1.49. The van der Waals surface area contributed by atoms with Crippen molar-refractivity contribution in [2.45, 2.75) is 17.1 Å². The number of rotatable bonds is 1. The molecule has 0 aliphatic carbocycles. The third-order valence-electron chi connectivity index (χ3n) is 0.309. The first-order valence-electron chi connectivity index (χ1n) is 1.55. The maximum Gasteiger partial charge on any atom is 0.187 e. The third-order valence-corrected chi connectivity index (χ3v) is 1.60. The lowest BCUT2D eigenvalue weighted by atomic mass is 10.6. The predicted octanol–water partition coefficient (Wildman–Crippen LogP) is 1.33. The highest BCUT2D eigenvalue weighted by Gasteiger charge is 1.85. The first kappa shape index (κ1) is 10.5. The molecule has 0 heterocycles. The Bertz CT molecular complexity index is 22.8. The summed E-state index contributed by atoms with van der Waals surface area (Å²) in [6, 6.07) is 0. The van der Waals surface area contributed by atoms with E-state index >= 15 is 0 Å². The zero-order chi connectivity index (χ0) is 4.28. The van der Waals surface area contributed by atoms with Gasteiger partial charge in [0.05, 0.1) is 3.74 Å². The molecule has 0 saturated heterocycles. The van der Waals surface area contributed by atoms with Crippen molar-refractivity contribution < 1.29 is 0 Å². The Morgan fingerprint density at radius 3 is 1.67 bits per heavy atom. The van der Waals surface area contributed by atoms with Crippen molar-refractivity contribution in [3.05, 3.63) is 0 Å². The molecule has 38 valence electrons. The van der Waals surface area contributed by atoms with Crippen LogP contribution in [0, 0.1) is 0 Å². The van der Waals surface area contributed by atoms with Crippen LogP contribution in [-0.2, 0) is 0 Å². The highest BCUT2D eigenvalue weighted by Crippen LogP contribution is 2.10. The van der Waals surface area contributed by atoms with E-state index in [4.69, 9.17) is 0 Å². The van der Waals surface area contributed by atoms with Crippen molar-refractivity contribution >= 4 is 49.2 Å². The van der Waals surface area contributed by atoms with Gasteiger partial charge in [-0.1, -0.05) is 38.8 Å². The van der Waals surface area contributed by atoms with Crippen LogP contribution in [0.5, 0.6) is 0 Å². The molecule has 0 unspecified atom stereocenters. The van der Waals surface area contributed by atoms with Crippen molar-refractivity contribution in [2.75, 3.05) is 0 Å². The average Bonchev–Trinajstić information content (AvgIpc) is 1.38. The summed E-state index contributed by atoms with van der Waals surface area (Å²) in [5.74, 6) is 0. The molecule has 0 aromatic rings. The predicted molar refractivity (Wildman–Crippen MR) is 41.9 cm³/mol. The van der Waals surface area contributed by atoms with E-state index in [9.17, 15) is 0 Å². The van der Waals surface area contributed by atoms with Crippen LogP contribution in [0.2, 0.25) is 0 Å². The highest BCUT2D eigenvalue weighted by atomic mass is 79.9. The molecule has 3 heteroatoms. The maximum atomic E-state index is 3.29. The van der Waals surface area contributed by atoms with Crippen molar-refractivity contribution in [3.8, 4) is 0 Å². The lowest BCUT2D eigenvalue weighted by Gasteiger charge is -1.85. The van der Waals surface area contributed by atoms with E-state index in [0.717, 1.165) is 6.42 Å². The van der Waals surface area contributed by atoms with E-state index in [1.807, 2.05) is 0 Å². The van der Waals surface area contributed by atoms with Gasteiger partial charge in [-0.15, -0.1) is 0 Å². The van der Waals surface area contributed by atoms with Gasteiger partial charge in [0, 0.05) is 0 Å². The van der Waals surface area contributed by atoms with E-state index in [2.05, 4.69) is 38.8 Å². The summed E-state index contributed by atoms with van der Waals surface area (Å²) in [6.45, 7) is 2.11. The SMILES string of the molecule is CCC(Br)Br.[AlH3]. The van der Waals surface area contributed by atoms with Gasteiger partial charge in [0.2, 0.25) is 0 Å². The van der Waals surface area contributed by atoms with Gasteiger partial charge in [-0.2, -0.15) is 0 Å². The maximum absolute atomic E-state index is 3.29. The Morgan fingerprint density at radius 1 is 1.50 bits per heavy atom. The highest BCUT2D eigenvalue weighted by molar-refractivity contribution is 9.24. The summed E-state index contributed by atoms with van der Waals surface area (Å²) < 4.78 is 0.509. The van der Waals surface area contributed by atoms with Crippen LogP contribution in [0.25, 0.3) is 0 Å². The minimum absolute atomic E-state index is 0. The molecule has 0 aliphatic rings. The molecular weight excluding hydrogens is 223 g/mol. The van der Waals surface area contributed by atoms with Crippen molar-refractivity contribution in [1.29, 1.82) is 0 Å². The Labute approximate surface area is 66.1 Å². The van der Waals surface area contributed by atoms with E-state index in [1.165, 1.54) is 0 Å². The normalized spacial score (nSPS) is 8.00. The van der Waals surface area contributed by atoms with Crippen LogP contribution in [-0.4, -0.2) is 21.1 Å². The smallest absolute Gasteiger partial charge is 0.0765 e. The summed E-state index contributed by atoms with van der Waals surface area (Å²) >= 11 is 6.58. The summed E-state index contributed by atoms with van der Waals surface area (Å²) in [4.78, 5) is 0. The fraction of sp³-hybridized carbons (Fsp3) is 1.00. The van der Waals surface area contributed by atoms with Gasteiger partial charge >= 0.3 is 0 Å². The molecule has 0 nitrogen and oxygen atoms in total. The standard InChI is InChI=1S/C3H6Br2.Al.3H/c1-2-3(4)5;;;;/h3H,2H2,1H3;;;;. The zero-order valence-electron chi connectivity index (χ0n) is 3.04. The molecule has 0 aromatic heterocycles. The van der Waals surface area contributed by atoms with Crippen molar-refractivity contribution in [2.24, 2.45) is 0 Å². The summed E-state index contributed by atoms with van der Waals surface area (Å²) in [5.41, 5.74) is 0. The van der Waals surface area contributed by atoms with Gasteiger partial charge < -0.3 is 0 Å². The molecule has 0 radical (unpaired) electrons. The molecule has 0 spiro atoms. The largest absolute Gasteiger partial charge is 0.187 e. The van der Waals surface area contributed by atoms with E-state index in [-0.39, 0.29) is 17.4 Å². The number of alkyl halides is 2. The van der Waals surface area contributed by atoms with Gasteiger partial charge in [-0.3, -0.25) is 0 Å².